The zero-order chi connectivity index (χ0) is 21.5. The van der Waals surface area contributed by atoms with Crippen molar-refractivity contribution in [2.45, 2.75) is 52.1 Å². The van der Waals surface area contributed by atoms with Gasteiger partial charge >= 0.3 is 0 Å². The molecule has 0 atom stereocenters. The first-order chi connectivity index (χ1) is 15.2. The van der Waals surface area contributed by atoms with E-state index in [0.717, 1.165) is 62.3 Å². The Kier molecular flexibility index (Phi) is 7.22. The van der Waals surface area contributed by atoms with Gasteiger partial charge in [-0.15, -0.1) is 0 Å². The molecule has 1 saturated carbocycles. The third-order valence-electron chi connectivity index (χ3n) is 5.78. The second kappa shape index (κ2) is 10.5. The predicted octanol–water partition coefficient (Wildman–Crippen LogP) is 3.30. The van der Waals surface area contributed by atoms with Gasteiger partial charge in [0, 0.05) is 44.1 Å². The van der Waals surface area contributed by atoms with Gasteiger partial charge in [0.2, 0.25) is 5.88 Å². The molecule has 0 amide bonds. The normalized spacial score (nSPS) is 17.5. The summed E-state index contributed by atoms with van der Waals surface area (Å²) in [7, 11) is 0. The molecule has 2 aromatic rings. The van der Waals surface area contributed by atoms with Crippen LogP contribution in [0.3, 0.4) is 0 Å². The van der Waals surface area contributed by atoms with E-state index in [1.165, 1.54) is 18.4 Å². The zero-order valence-electron chi connectivity index (χ0n) is 18.7. The molecule has 7 heteroatoms. The first-order valence-electron chi connectivity index (χ1n) is 11.5. The lowest BCUT2D eigenvalue weighted by Crippen LogP contribution is -2.48. The van der Waals surface area contributed by atoms with Gasteiger partial charge in [0.25, 0.3) is 0 Å². The number of piperidine rings is 1. The highest BCUT2D eigenvalue weighted by molar-refractivity contribution is 5.80. The standard InChI is InChI=1S/C24H34N6O/c1-3-25-24(28-16-20-8-11-26-23(14-20)31-17-19-5-6-19)29-21-9-12-30(13-10-21)22-7-4-18(2)15-27-22/h4,7-8,11,14-15,19,21H,3,5-6,9-10,12-13,16-17H2,1-2H3,(H2,25,28,29). The van der Waals surface area contributed by atoms with Crippen LogP contribution in [0.5, 0.6) is 5.88 Å². The molecule has 7 nitrogen and oxygen atoms in total. The predicted molar refractivity (Wildman–Crippen MR) is 125 cm³/mol. The van der Waals surface area contributed by atoms with Crippen molar-refractivity contribution in [2.75, 3.05) is 31.1 Å². The topological polar surface area (TPSA) is 74.7 Å². The monoisotopic (exact) mass is 422 g/mol. The van der Waals surface area contributed by atoms with Crippen molar-refractivity contribution in [1.82, 2.24) is 20.6 Å². The van der Waals surface area contributed by atoms with Crippen molar-refractivity contribution in [3.63, 3.8) is 0 Å². The quantitative estimate of drug-likeness (QED) is 0.502. The van der Waals surface area contributed by atoms with E-state index in [4.69, 9.17) is 9.73 Å². The number of pyridine rings is 2. The van der Waals surface area contributed by atoms with Crippen molar-refractivity contribution in [2.24, 2.45) is 10.9 Å². The molecule has 0 spiro atoms. The molecule has 2 aliphatic rings. The molecule has 1 aliphatic heterocycles. The summed E-state index contributed by atoms with van der Waals surface area (Å²) in [5, 5.41) is 6.99. The smallest absolute Gasteiger partial charge is 0.213 e. The number of anilines is 1. The highest BCUT2D eigenvalue weighted by atomic mass is 16.5. The number of aliphatic imine (C=N–C) groups is 1. The SMILES string of the molecule is CCNC(=NCc1ccnc(OCC2CC2)c1)NC1CCN(c2ccc(C)cn2)CC1. The molecule has 0 radical (unpaired) electrons. The molecule has 2 fully saturated rings. The summed E-state index contributed by atoms with van der Waals surface area (Å²) in [6.07, 6.45) is 8.44. The number of hydrogen-bond donors (Lipinski definition) is 2. The molecular weight excluding hydrogens is 388 g/mol. The third kappa shape index (κ3) is 6.57. The van der Waals surface area contributed by atoms with E-state index in [1.54, 1.807) is 0 Å². The second-order valence-electron chi connectivity index (χ2n) is 8.55. The molecule has 3 heterocycles. The largest absolute Gasteiger partial charge is 0.477 e. The van der Waals surface area contributed by atoms with Crippen LogP contribution >= 0.6 is 0 Å². The summed E-state index contributed by atoms with van der Waals surface area (Å²) in [4.78, 5) is 16.1. The molecule has 2 N–H and O–H groups in total. The van der Waals surface area contributed by atoms with E-state index < -0.39 is 0 Å². The summed E-state index contributed by atoms with van der Waals surface area (Å²) in [6.45, 7) is 8.38. The van der Waals surface area contributed by atoms with E-state index in [2.05, 4.69) is 51.5 Å². The molecule has 1 saturated heterocycles. The number of guanidine groups is 1. The van der Waals surface area contributed by atoms with Crippen LogP contribution < -0.4 is 20.3 Å². The highest BCUT2D eigenvalue weighted by Gasteiger charge is 2.22. The lowest BCUT2D eigenvalue weighted by Gasteiger charge is -2.33. The summed E-state index contributed by atoms with van der Waals surface area (Å²) in [5.74, 6) is 3.37. The van der Waals surface area contributed by atoms with Crippen molar-refractivity contribution < 1.29 is 4.74 Å². The molecule has 0 bridgehead atoms. The number of ether oxygens (including phenoxy) is 1. The Morgan fingerprint density at radius 3 is 2.71 bits per heavy atom. The van der Waals surface area contributed by atoms with Crippen molar-refractivity contribution >= 4 is 11.8 Å². The fourth-order valence-electron chi connectivity index (χ4n) is 3.70. The third-order valence-corrected chi connectivity index (χ3v) is 5.78. The Labute approximate surface area is 185 Å². The number of nitrogens with zero attached hydrogens (tertiary/aromatic N) is 4. The van der Waals surface area contributed by atoms with Crippen LogP contribution in [-0.4, -0.2) is 48.2 Å². The lowest BCUT2D eigenvalue weighted by atomic mass is 10.1. The Morgan fingerprint density at radius 1 is 1.16 bits per heavy atom. The zero-order valence-corrected chi connectivity index (χ0v) is 18.7. The van der Waals surface area contributed by atoms with E-state index in [-0.39, 0.29) is 0 Å². The average Bonchev–Trinajstić information content (AvgIpc) is 3.62. The van der Waals surface area contributed by atoms with E-state index in [0.29, 0.717) is 18.5 Å². The van der Waals surface area contributed by atoms with E-state index >= 15 is 0 Å². The number of hydrogen-bond acceptors (Lipinski definition) is 5. The molecule has 0 aromatic carbocycles. The molecule has 1 aliphatic carbocycles. The first-order valence-corrected chi connectivity index (χ1v) is 11.5. The molecular formula is C24H34N6O. The minimum Gasteiger partial charge on any atom is -0.477 e. The second-order valence-corrected chi connectivity index (χ2v) is 8.55. The van der Waals surface area contributed by atoms with Crippen LogP contribution in [0.2, 0.25) is 0 Å². The fraction of sp³-hybridized carbons (Fsp3) is 0.542. The molecule has 4 rings (SSSR count). The maximum absolute atomic E-state index is 5.80. The van der Waals surface area contributed by atoms with Crippen LogP contribution in [-0.2, 0) is 6.54 Å². The Balaban J connectivity index is 1.29. The average molecular weight is 423 g/mol. The first kappa shape index (κ1) is 21.4. The molecule has 0 unspecified atom stereocenters. The van der Waals surface area contributed by atoms with Gasteiger partial charge < -0.3 is 20.3 Å². The van der Waals surface area contributed by atoms with E-state index in [9.17, 15) is 0 Å². The van der Waals surface area contributed by atoms with Crippen molar-refractivity contribution in [3.05, 3.63) is 47.8 Å². The number of aryl methyl sites for hydroxylation is 1. The van der Waals surface area contributed by atoms with Gasteiger partial charge in [-0.2, -0.15) is 0 Å². The van der Waals surface area contributed by atoms with Gasteiger partial charge in [-0.05, 0) is 68.7 Å². The van der Waals surface area contributed by atoms with Crippen LogP contribution in [0.4, 0.5) is 5.82 Å². The minimum absolute atomic E-state index is 0.411. The highest BCUT2D eigenvalue weighted by Crippen LogP contribution is 2.29. The fourth-order valence-corrected chi connectivity index (χ4v) is 3.70. The number of nitrogens with one attached hydrogen (secondary N) is 2. The van der Waals surface area contributed by atoms with Crippen LogP contribution in [0, 0.1) is 12.8 Å². The van der Waals surface area contributed by atoms with E-state index in [1.807, 2.05) is 24.5 Å². The van der Waals surface area contributed by atoms with Crippen LogP contribution in [0.1, 0.15) is 43.7 Å². The summed E-state index contributed by atoms with van der Waals surface area (Å²) >= 11 is 0. The Bertz CT molecular complexity index is 857. The van der Waals surface area contributed by atoms with Gasteiger partial charge in [0.15, 0.2) is 5.96 Å². The number of rotatable bonds is 8. The summed E-state index contributed by atoms with van der Waals surface area (Å²) in [6, 6.07) is 8.66. The maximum atomic E-state index is 5.80. The van der Waals surface area contributed by atoms with Crippen LogP contribution in [0.25, 0.3) is 0 Å². The van der Waals surface area contributed by atoms with Gasteiger partial charge in [0.1, 0.15) is 5.82 Å². The van der Waals surface area contributed by atoms with Crippen LogP contribution in [0.15, 0.2) is 41.7 Å². The van der Waals surface area contributed by atoms with Gasteiger partial charge in [0.05, 0.1) is 13.2 Å². The van der Waals surface area contributed by atoms with Gasteiger partial charge in [-0.1, -0.05) is 6.07 Å². The Hall–Kier alpha value is -2.83. The molecule has 166 valence electrons. The van der Waals surface area contributed by atoms with Crippen molar-refractivity contribution in [3.8, 4) is 5.88 Å². The van der Waals surface area contributed by atoms with Gasteiger partial charge in [-0.3, -0.25) is 0 Å². The maximum Gasteiger partial charge on any atom is 0.213 e. The van der Waals surface area contributed by atoms with Gasteiger partial charge in [-0.25, -0.2) is 15.0 Å². The lowest BCUT2D eigenvalue weighted by molar-refractivity contribution is 0.288. The number of aromatic nitrogens is 2. The van der Waals surface area contributed by atoms with Crippen molar-refractivity contribution in [1.29, 1.82) is 0 Å². The molecule has 2 aromatic heterocycles. The minimum atomic E-state index is 0.411. The summed E-state index contributed by atoms with van der Waals surface area (Å²) in [5.41, 5.74) is 2.31. The Morgan fingerprint density at radius 2 is 2.00 bits per heavy atom. The molecule has 31 heavy (non-hydrogen) atoms. The summed E-state index contributed by atoms with van der Waals surface area (Å²) < 4.78 is 5.80.